The van der Waals surface area contributed by atoms with Crippen LogP contribution in [0.4, 0.5) is 17.5 Å². The predicted octanol–water partition coefficient (Wildman–Crippen LogP) is 3.92. The third kappa shape index (κ3) is 4.73. The van der Waals surface area contributed by atoms with Gasteiger partial charge in [0.05, 0.1) is 6.20 Å². The molecule has 0 radical (unpaired) electrons. The molecule has 2 N–H and O–H groups in total. The summed E-state index contributed by atoms with van der Waals surface area (Å²) in [6.07, 6.45) is 5.16. The third-order valence-corrected chi connectivity index (χ3v) is 3.76. The summed E-state index contributed by atoms with van der Waals surface area (Å²) in [5.41, 5.74) is 3.45. The van der Waals surface area contributed by atoms with Gasteiger partial charge in [-0.3, -0.25) is 4.98 Å². The molecular weight excluding hydrogens is 312 g/mol. The lowest BCUT2D eigenvalue weighted by Gasteiger charge is -2.19. The van der Waals surface area contributed by atoms with Crippen LogP contribution >= 0.6 is 0 Å². The van der Waals surface area contributed by atoms with Gasteiger partial charge in [-0.1, -0.05) is 39.0 Å². The zero-order chi connectivity index (χ0) is 17.7. The highest BCUT2D eigenvalue weighted by atomic mass is 15.3. The van der Waals surface area contributed by atoms with Crippen LogP contribution in [0, 0.1) is 0 Å². The van der Waals surface area contributed by atoms with Gasteiger partial charge >= 0.3 is 0 Å². The van der Waals surface area contributed by atoms with Gasteiger partial charge in [0.15, 0.2) is 5.82 Å². The Bertz CT molecular complexity index is 809. The summed E-state index contributed by atoms with van der Waals surface area (Å²) in [5.74, 6) is 1.12. The second-order valence-corrected chi connectivity index (χ2v) is 6.83. The molecule has 0 unspecified atom stereocenters. The Morgan fingerprint density at radius 3 is 2.48 bits per heavy atom. The lowest BCUT2D eigenvalue weighted by Crippen LogP contribution is -2.10. The van der Waals surface area contributed by atoms with Crippen molar-refractivity contribution in [2.45, 2.75) is 32.7 Å². The van der Waals surface area contributed by atoms with Gasteiger partial charge < -0.3 is 10.6 Å². The predicted molar refractivity (Wildman–Crippen MR) is 99.8 cm³/mol. The fourth-order valence-electron chi connectivity index (χ4n) is 2.32. The first-order valence-corrected chi connectivity index (χ1v) is 8.21. The van der Waals surface area contributed by atoms with Crippen LogP contribution in [0.15, 0.2) is 55.0 Å². The Labute approximate surface area is 147 Å². The minimum Gasteiger partial charge on any atom is -0.349 e. The van der Waals surface area contributed by atoms with E-state index in [2.05, 4.69) is 63.7 Å². The standard InChI is InChI=1S/C19H22N6/c1-19(2,3)15-6-8-16(9-7-15)23-17-13-22-25-18(24-17)21-12-14-5-4-10-20-11-14/h4-11,13H,12H2,1-3H3,(H2,21,23,24,25). The summed E-state index contributed by atoms with van der Waals surface area (Å²) < 4.78 is 0. The summed E-state index contributed by atoms with van der Waals surface area (Å²) in [6.45, 7) is 7.19. The molecule has 128 valence electrons. The molecule has 0 bridgehead atoms. The number of nitrogens with zero attached hydrogens (tertiary/aromatic N) is 4. The van der Waals surface area contributed by atoms with Crippen LogP contribution in [0.1, 0.15) is 31.9 Å². The molecule has 0 aliphatic carbocycles. The second kappa shape index (κ2) is 7.25. The van der Waals surface area contributed by atoms with Crippen molar-refractivity contribution in [3.63, 3.8) is 0 Å². The third-order valence-electron chi connectivity index (χ3n) is 3.76. The van der Waals surface area contributed by atoms with Crippen molar-refractivity contribution >= 4 is 17.5 Å². The number of hydrogen-bond acceptors (Lipinski definition) is 6. The highest BCUT2D eigenvalue weighted by molar-refractivity contribution is 5.56. The number of benzene rings is 1. The van der Waals surface area contributed by atoms with Gasteiger partial charge in [-0.05, 0) is 34.7 Å². The fourth-order valence-corrected chi connectivity index (χ4v) is 2.32. The highest BCUT2D eigenvalue weighted by Crippen LogP contribution is 2.24. The van der Waals surface area contributed by atoms with Crippen molar-refractivity contribution < 1.29 is 0 Å². The number of rotatable bonds is 5. The molecule has 0 aliphatic heterocycles. The average molecular weight is 334 g/mol. The second-order valence-electron chi connectivity index (χ2n) is 6.83. The average Bonchev–Trinajstić information content (AvgIpc) is 2.61. The van der Waals surface area contributed by atoms with Crippen molar-refractivity contribution in [3.05, 3.63) is 66.1 Å². The molecule has 0 atom stereocenters. The van der Waals surface area contributed by atoms with Gasteiger partial charge in [-0.2, -0.15) is 10.1 Å². The smallest absolute Gasteiger partial charge is 0.244 e. The number of pyridine rings is 1. The molecule has 1 aromatic carbocycles. The van der Waals surface area contributed by atoms with E-state index in [-0.39, 0.29) is 5.41 Å². The van der Waals surface area contributed by atoms with E-state index in [9.17, 15) is 0 Å². The first-order chi connectivity index (χ1) is 12.0. The quantitative estimate of drug-likeness (QED) is 0.736. The SMILES string of the molecule is CC(C)(C)c1ccc(Nc2cnnc(NCc3cccnc3)n2)cc1. The van der Waals surface area contributed by atoms with Crippen LogP contribution in [-0.4, -0.2) is 20.2 Å². The molecule has 0 amide bonds. The van der Waals surface area contributed by atoms with Crippen molar-refractivity contribution in [2.24, 2.45) is 0 Å². The van der Waals surface area contributed by atoms with Crippen LogP contribution in [-0.2, 0) is 12.0 Å². The maximum Gasteiger partial charge on any atom is 0.244 e. The Kier molecular flexibility index (Phi) is 4.88. The Balaban J connectivity index is 1.65. The zero-order valence-corrected chi connectivity index (χ0v) is 14.7. The Hall–Kier alpha value is -3.02. The van der Waals surface area contributed by atoms with Crippen LogP contribution in [0.5, 0.6) is 0 Å². The van der Waals surface area contributed by atoms with Crippen molar-refractivity contribution in [1.82, 2.24) is 20.2 Å². The number of nitrogens with one attached hydrogen (secondary N) is 2. The minimum atomic E-state index is 0.137. The molecule has 25 heavy (non-hydrogen) atoms. The van der Waals surface area contributed by atoms with E-state index in [1.807, 2.05) is 24.3 Å². The lowest BCUT2D eigenvalue weighted by atomic mass is 9.87. The van der Waals surface area contributed by atoms with Crippen LogP contribution in [0.25, 0.3) is 0 Å². The van der Waals surface area contributed by atoms with Gasteiger partial charge in [0.1, 0.15) is 0 Å². The zero-order valence-electron chi connectivity index (χ0n) is 14.7. The first-order valence-electron chi connectivity index (χ1n) is 8.21. The fraction of sp³-hybridized carbons (Fsp3) is 0.263. The maximum atomic E-state index is 4.44. The summed E-state index contributed by atoms with van der Waals surface area (Å²) in [7, 11) is 0. The van der Waals surface area contributed by atoms with E-state index in [4.69, 9.17) is 0 Å². The number of aromatic nitrogens is 4. The molecule has 3 aromatic rings. The normalized spacial score (nSPS) is 11.2. The molecule has 0 fully saturated rings. The molecule has 6 nitrogen and oxygen atoms in total. The van der Waals surface area contributed by atoms with Gasteiger partial charge in [0.25, 0.3) is 0 Å². The summed E-state index contributed by atoms with van der Waals surface area (Å²) in [6, 6.07) is 12.2. The molecule has 2 heterocycles. The van der Waals surface area contributed by atoms with E-state index in [1.165, 1.54) is 5.56 Å². The van der Waals surface area contributed by atoms with Crippen molar-refractivity contribution in [3.8, 4) is 0 Å². The molecule has 2 aromatic heterocycles. The minimum absolute atomic E-state index is 0.137. The summed E-state index contributed by atoms with van der Waals surface area (Å²) in [4.78, 5) is 8.52. The molecule has 0 saturated heterocycles. The van der Waals surface area contributed by atoms with Gasteiger partial charge in [-0.15, -0.1) is 5.10 Å². The van der Waals surface area contributed by atoms with Crippen LogP contribution in [0.3, 0.4) is 0 Å². The molecular formula is C19H22N6. The Morgan fingerprint density at radius 2 is 1.80 bits per heavy atom. The Morgan fingerprint density at radius 1 is 1.00 bits per heavy atom. The van der Waals surface area contributed by atoms with Crippen molar-refractivity contribution in [2.75, 3.05) is 10.6 Å². The monoisotopic (exact) mass is 334 g/mol. The van der Waals surface area contributed by atoms with Gasteiger partial charge in [0.2, 0.25) is 5.95 Å². The molecule has 0 aliphatic rings. The molecule has 0 saturated carbocycles. The van der Waals surface area contributed by atoms with E-state index in [0.717, 1.165) is 11.3 Å². The van der Waals surface area contributed by atoms with Gasteiger partial charge in [0, 0.05) is 24.6 Å². The largest absolute Gasteiger partial charge is 0.349 e. The molecule has 3 rings (SSSR count). The number of hydrogen-bond donors (Lipinski definition) is 2. The topological polar surface area (TPSA) is 75.6 Å². The molecule has 0 spiro atoms. The summed E-state index contributed by atoms with van der Waals surface area (Å²) in [5, 5.41) is 14.4. The van der Waals surface area contributed by atoms with E-state index < -0.39 is 0 Å². The highest BCUT2D eigenvalue weighted by Gasteiger charge is 2.12. The maximum absolute atomic E-state index is 4.44. The van der Waals surface area contributed by atoms with Crippen LogP contribution < -0.4 is 10.6 Å². The van der Waals surface area contributed by atoms with Crippen LogP contribution in [0.2, 0.25) is 0 Å². The van der Waals surface area contributed by atoms with E-state index in [1.54, 1.807) is 18.6 Å². The van der Waals surface area contributed by atoms with Crippen molar-refractivity contribution in [1.29, 1.82) is 0 Å². The van der Waals surface area contributed by atoms with E-state index >= 15 is 0 Å². The molecule has 6 heteroatoms. The first kappa shape index (κ1) is 16.8. The lowest BCUT2D eigenvalue weighted by molar-refractivity contribution is 0.590. The summed E-state index contributed by atoms with van der Waals surface area (Å²) >= 11 is 0. The van der Waals surface area contributed by atoms with E-state index in [0.29, 0.717) is 18.3 Å². The number of anilines is 3. The van der Waals surface area contributed by atoms with Gasteiger partial charge in [-0.25, -0.2) is 0 Å².